The summed E-state index contributed by atoms with van der Waals surface area (Å²) in [5.41, 5.74) is 0. The van der Waals surface area contributed by atoms with E-state index in [2.05, 4.69) is 5.32 Å². The molecule has 2 fully saturated rings. The Morgan fingerprint density at radius 1 is 1.13 bits per heavy atom. The van der Waals surface area contributed by atoms with Crippen LogP contribution in [0.25, 0.3) is 0 Å². The lowest BCUT2D eigenvalue weighted by Crippen LogP contribution is -2.47. The van der Waals surface area contributed by atoms with Crippen LogP contribution in [-0.2, 0) is 0 Å². The zero-order chi connectivity index (χ0) is 10.1. The van der Waals surface area contributed by atoms with Crippen LogP contribution in [0.2, 0.25) is 0 Å². The number of nitrogens with one attached hydrogen (secondary N) is 1. The number of hydrogen-bond acceptors (Lipinski definition) is 4. The normalized spacial score (nSPS) is 41.0. The third kappa shape index (κ3) is 2.63. The van der Waals surface area contributed by atoms with Crippen LogP contribution in [0.5, 0.6) is 0 Å². The van der Waals surface area contributed by atoms with Gasteiger partial charge in [-0.15, -0.1) is 12.4 Å². The SMILES string of the molecule is Cl.OC[C@H]1C[C@@H](NC2CCC2)[C@H](O)[C@@H]1O. The third-order valence-electron chi connectivity index (χ3n) is 3.59. The monoisotopic (exact) mass is 237 g/mol. The van der Waals surface area contributed by atoms with Crippen molar-refractivity contribution in [1.82, 2.24) is 5.32 Å². The summed E-state index contributed by atoms with van der Waals surface area (Å²) in [4.78, 5) is 0. The molecule has 2 aliphatic rings. The summed E-state index contributed by atoms with van der Waals surface area (Å²) in [6.45, 7) is -0.0406. The van der Waals surface area contributed by atoms with E-state index in [0.717, 1.165) is 0 Å². The van der Waals surface area contributed by atoms with E-state index in [1.54, 1.807) is 0 Å². The second-order valence-corrected chi connectivity index (χ2v) is 4.56. The van der Waals surface area contributed by atoms with Gasteiger partial charge in [-0.05, 0) is 19.3 Å². The molecule has 0 spiro atoms. The predicted octanol–water partition coefficient (Wildman–Crippen LogP) is -0.347. The van der Waals surface area contributed by atoms with E-state index in [1.807, 2.05) is 0 Å². The maximum Gasteiger partial charge on any atom is 0.0955 e. The summed E-state index contributed by atoms with van der Waals surface area (Å²) in [6, 6.07) is 0.478. The molecule has 0 aromatic carbocycles. The molecular weight excluding hydrogens is 218 g/mol. The van der Waals surface area contributed by atoms with Crippen LogP contribution in [0.1, 0.15) is 25.7 Å². The lowest BCUT2D eigenvalue weighted by molar-refractivity contribution is -0.00220. The molecule has 4 atom stereocenters. The summed E-state index contributed by atoms with van der Waals surface area (Å²) in [7, 11) is 0. The Morgan fingerprint density at radius 2 is 1.80 bits per heavy atom. The Hall–Kier alpha value is 0.130. The highest BCUT2D eigenvalue weighted by Gasteiger charge is 2.41. The molecule has 0 aromatic rings. The maximum atomic E-state index is 9.70. The molecule has 5 heteroatoms. The molecule has 0 bridgehead atoms. The highest BCUT2D eigenvalue weighted by Crippen LogP contribution is 2.29. The van der Waals surface area contributed by atoms with Crippen molar-refractivity contribution < 1.29 is 15.3 Å². The fraction of sp³-hybridized carbons (Fsp3) is 1.00. The van der Waals surface area contributed by atoms with Gasteiger partial charge in [-0.2, -0.15) is 0 Å². The van der Waals surface area contributed by atoms with E-state index in [4.69, 9.17) is 5.11 Å². The van der Waals surface area contributed by atoms with Crippen molar-refractivity contribution in [2.75, 3.05) is 6.61 Å². The molecule has 0 aliphatic heterocycles. The quantitative estimate of drug-likeness (QED) is 0.542. The molecule has 4 N–H and O–H groups in total. The smallest absolute Gasteiger partial charge is 0.0955 e. The zero-order valence-electron chi connectivity index (χ0n) is 8.67. The first-order valence-electron chi connectivity index (χ1n) is 5.45. The minimum absolute atomic E-state index is 0. The minimum atomic E-state index is -0.766. The largest absolute Gasteiger partial charge is 0.396 e. The van der Waals surface area contributed by atoms with Crippen molar-refractivity contribution in [3.05, 3.63) is 0 Å². The van der Waals surface area contributed by atoms with Crippen LogP contribution in [-0.4, -0.2) is 46.2 Å². The van der Waals surface area contributed by atoms with Crippen molar-refractivity contribution in [2.24, 2.45) is 5.92 Å². The molecule has 2 saturated carbocycles. The molecule has 0 aromatic heterocycles. The fourth-order valence-corrected chi connectivity index (χ4v) is 2.35. The Bertz CT molecular complexity index is 199. The highest BCUT2D eigenvalue weighted by molar-refractivity contribution is 5.85. The molecule has 0 radical (unpaired) electrons. The van der Waals surface area contributed by atoms with Gasteiger partial charge in [-0.25, -0.2) is 0 Å². The van der Waals surface area contributed by atoms with E-state index in [1.165, 1.54) is 19.3 Å². The van der Waals surface area contributed by atoms with Gasteiger partial charge in [0.2, 0.25) is 0 Å². The van der Waals surface area contributed by atoms with Crippen LogP contribution < -0.4 is 5.32 Å². The minimum Gasteiger partial charge on any atom is -0.396 e. The molecule has 2 aliphatic carbocycles. The Labute approximate surface area is 96.1 Å². The first kappa shape index (κ1) is 13.2. The van der Waals surface area contributed by atoms with Crippen LogP contribution in [0.15, 0.2) is 0 Å². The van der Waals surface area contributed by atoms with Crippen molar-refractivity contribution in [1.29, 1.82) is 0 Å². The van der Waals surface area contributed by atoms with Crippen LogP contribution in [0.4, 0.5) is 0 Å². The first-order chi connectivity index (χ1) is 6.72. The lowest BCUT2D eigenvalue weighted by atomic mass is 9.92. The van der Waals surface area contributed by atoms with Gasteiger partial charge in [0.05, 0.1) is 12.2 Å². The summed E-state index contributed by atoms with van der Waals surface area (Å²) < 4.78 is 0. The zero-order valence-corrected chi connectivity index (χ0v) is 9.49. The Balaban J connectivity index is 0.00000112. The van der Waals surface area contributed by atoms with Crippen molar-refractivity contribution in [2.45, 2.75) is 50.0 Å². The molecule has 90 valence electrons. The van der Waals surface area contributed by atoms with Crippen LogP contribution >= 0.6 is 12.4 Å². The predicted molar refractivity (Wildman–Crippen MR) is 59.0 cm³/mol. The number of hydrogen-bond donors (Lipinski definition) is 4. The van der Waals surface area contributed by atoms with Crippen LogP contribution in [0, 0.1) is 5.92 Å². The average Bonchev–Trinajstić information content (AvgIpc) is 2.38. The molecule has 4 nitrogen and oxygen atoms in total. The Morgan fingerprint density at radius 3 is 2.20 bits per heavy atom. The van der Waals surface area contributed by atoms with E-state index in [0.29, 0.717) is 12.5 Å². The molecule has 15 heavy (non-hydrogen) atoms. The number of aliphatic hydroxyl groups is 3. The number of rotatable bonds is 3. The van der Waals surface area contributed by atoms with Gasteiger partial charge < -0.3 is 20.6 Å². The van der Waals surface area contributed by atoms with E-state index in [-0.39, 0.29) is 31.0 Å². The Kier molecular flexibility index (Phi) is 4.80. The topological polar surface area (TPSA) is 72.7 Å². The highest BCUT2D eigenvalue weighted by atomic mass is 35.5. The van der Waals surface area contributed by atoms with E-state index >= 15 is 0 Å². The first-order valence-corrected chi connectivity index (χ1v) is 5.45. The van der Waals surface area contributed by atoms with Gasteiger partial charge in [0, 0.05) is 24.6 Å². The average molecular weight is 238 g/mol. The summed E-state index contributed by atoms with van der Waals surface area (Å²) in [6.07, 6.45) is 2.79. The van der Waals surface area contributed by atoms with Crippen molar-refractivity contribution >= 4 is 12.4 Å². The molecule has 0 saturated heterocycles. The van der Waals surface area contributed by atoms with Gasteiger partial charge in [0.25, 0.3) is 0 Å². The molecule has 0 unspecified atom stereocenters. The van der Waals surface area contributed by atoms with E-state index in [9.17, 15) is 10.2 Å². The van der Waals surface area contributed by atoms with Gasteiger partial charge in [0.15, 0.2) is 0 Å². The summed E-state index contributed by atoms with van der Waals surface area (Å²) in [5, 5.41) is 31.6. The van der Waals surface area contributed by atoms with Gasteiger partial charge in [-0.1, -0.05) is 6.42 Å². The number of halogens is 1. The maximum absolute atomic E-state index is 9.70. The fourth-order valence-electron chi connectivity index (χ4n) is 2.35. The number of aliphatic hydroxyl groups excluding tert-OH is 3. The van der Waals surface area contributed by atoms with Crippen molar-refractivity contribution in [3.8, 4) is 0 Å². The molecule has 0 heterocycles. The molecule has 0 amide bonds. The second-order valence-electron chi connectivity index (χ2n) is 4.56. The van der Waals surface area contributed by atoms with Crippen molar-refractivity contribution in [3.63, 3.8) is 0 Å². The standard InChI is InChI=1S/C10H19NO3.ClH/c12-5-6-4-8(10(14)9(6)13)11-7-2-1-3-7;/h6-14H,1-5H2;1H/t6-,8-,9-,10+;/m1./s1. The second kappa shape index (κ2) is 5.46. The lowest BCUT2D eigenvalue weighted by Gasteiger charge is -2.31. The van der Waals surface area contributed by atoms with Gasteiger partial charge >= 0.3 is 0 Å². The van der Waals surface area contributed by atoms with E-state index < -0.39 is 12.2 Å². The van der Waals surface area contributed by atoms with Gasteiger partial charge in [0.1, 0.15) is 0 Å². The molecular formula is C10H20ClNO3. The summed E-state index contributed by atoms with van der Waals surface area (Å²) >= 11 is 0. The third-order valence-corrected chi connectivity index (χ3v) is 3.59. The van der Waals surface area contributed by atoms with Gasteiger partial charge in [-0.3, -0.25) is 0 Å². The van der Waals surface area contributed by atoms with Crippen LogP contribution in [0.3, 0.4) is 0 Å². The molecule has 2 rings (SSSR count). The summed E-state index contributed by atoms with van der Waals surface area (Å²) in [5.74, 6) is -0.164.